The lowest BCUT2D eigenvalue weighted by Crippen LogP contribution is -2.29. The fraction of sp³-hybridized carbons (Fsp3) is 0.471. The minimum absolute atomic E-state index is 0.218. The molecule has 2 heterocycles. The van der Waals surface area contributed by atoms with Crippen LogP contribution >= 0.6 is 11.3 Å². The van der Waals surface area contributed by atoms with Crippen molar-refractivity contribution in [1.29, 1.82) is 0 Å². The van der Waals surface area contributed by atoms with Gasteiger partial charge in [0.2, 0.25) is 0 Å². The first-order valence-electron chi connectivity index (χ1n) is 7.81. The molecule has 2 aromatic rings. The predicted molar refractivity (Wildman–Crippen MR) is 87.3 cm³/mol. The Bertz CT molecular complexity index is 599. The van der Waals surface area contributed by atoms with Crippen LogP contribution in [0.1, 0.15) is 31.4 Å². The first-order valence-corrected chi connectivity index (χ1v) is 8.69. The van der Waals surface area contributed by atoms with E-state index in [0.29, 0.717) is 6.04 Å². The molecular weight excluding hydrogens is 299 g/mol. The number of aliphatic hydroxyl groups excluding tert-OH is 1. The smallest absolute Gasteiger partial charge is 0.123 e. The average molecular weight is 320 g/mol. The van der Waals surface area contributed by atoms with Crippen molar-refractivity contribution in [1.82, 2.24) is 9.88 Å². The molecule has 1 atom stereocenters. The quantitative estimate of drug-likeness (QED) is 0.882. The number of benzene rings is 1. The number of hydrogen-bond acceptors (Lipinski definition) is 4. The molecule has 0 bridgehead atoms. The van der Waals surface area contributed by atoms with Crippen molar-refractivity contribution < 1.29 is 9.50 Å². The number of thiazole rings is 1. The predicted octanol–water partition coefficient (Wildman–Crippen LogP) is 3.69. The molecule has 0 aliphatic carbocycles. The topological polar surface area (TPSA) is 36.4 Å². The van der Waals surface area contributed by atoms with E-state index in [2.05, 4.69) is 10.3 Å². The summed E-state index contributed by atoms with van der Waals surface area (Å²) in [5.74, 6) is -0.218. The highest BCUT2D eigenvalue weighted by Crippen LogP contribution is 2.27. The lowest BCUT2D eigenvalue weighted by molar-refractivity contribution is 0.209. The Morgan fingerprint density at radius 2 is 2.14 bits per heavy atom. The largest absolute Gasteiger partial charge is 0.396 e. The van der Waals surface area contributed by atoms with Crippen molar-refractivity contribution in [2.75, 3.05) is 13.2 Å². The molecule has 0 spiro atoms. The molecule has 0 saturated carbocycles. The van der Waals surface area contributed by atoms with Gasteiger partial charge in [0.05, 0.1) is 5.69 Å². The Morgan fingerprint density at radius 1 is 1.32 bits per heavy atom. The van der Waals surface area contributed by atoms with E-state index in [4.69, 9.17) is 10.1 Å². The van der Waals surface area contributed by atoms with Crippen LogP contribution in [0.4, 0.5) is 4.39 Å². The Kier molecular flexibility index (Phi) is 5.18. The van der Waals surface area contributed by atoms with Crippen LogP contribution in [0.3, 0.4) is 0 Å². The van der Waals surface area contributed by atoms with Gasteiger partial charge in [0.1, 0.15) is 10.8 Å². The number of rotatable bonds is 6. The van der Waals surface area contributed by atoms with Crippen LogP contribution in [0.25, 0.3) is 10.6 Å². The van der Waals surface area contributed by atoms with Crippen molar-refractivity contribution in [3.63, 3.8) is 0 Å². The molecule has 1 aromatic carbocycles. The fourth-order valence-electron chi connectivity index (χ4n) is 3.07. The highest BCUT2D eigenvalue weighted by atomic mass is 32.1. The first-order chi connectivity index (χ1) is 10.8. The van der Waals surface area contributed by atoms with E-state index in [1.54, 1.807) is 23.5 Å². The number of aromatic nitrogens is 1. The van der Waals surface area contributed by atoms with Crippen LogP contribution in [0.2, 0.25) is 0 Å². The second-order valence-corrected chi connectivity index (χ2v) is 6.64. The van der Waals surface area contributed by atoms with E-state index in [1.165, 1.54) is 25.0 Å². The highest BCUT2D eigenvalue weighted by molar-refractivity contribution is 7.13. The third kappa shape index (κ3) is 3.72. The lowest BCUT2D eigenvalue weighted by Gasteiger charge is -2.23. The lowest BCUT2D eigenvalue weighted by atomic mass is 10.1. The molecule has 5 heteroatoms. The summed E-state index contributed by atoms with van der Waals surface area (Å²) in [6.07, 6.45) is 4.38. The average Bonchev–Trinajstić information content (AvgIpc) is 3.16. The molecule has 3 nitrogen and oxygen atoms in total. The fourth-order valence-corrected chi connectivity index (χ4v) is 3.89. The molecule has 0 radical (unpaired) electrons. The van der Waals surface area contributed by atoms with Crippen molar-refractivity contribution in [2.24, 2.45) is 0 Å². The molecule has 1 saturated heterocycles. The van der Waals surface area contributed by atoms with Crippen LogP contribution in [0.15, 0.2) is 29.6 Å². The molecular formula is C17H21FN2OS. The molecule has 3 rings (SSSR count). The van der Waals surface area contributed by atoms with Gasteiger partial charge < -0.3 is 5.11 Å². The molecule has 1 fully saturated rings. The van der Waals surface area contributed by atoms with Gasteiger partial charge in [-0.05, 0) is 56.5 Å². The molecule has 1 N–H and O–H groups in total. The highest BCUT2D eigenvalue weighted by Gasteiger charge is 2.24. The van der Waals surface area contributed by atoms with Crippen LogP contribution in [-0.4, -0.2) is 34.2 Å². The van der Waals surface area contributed by atoms with Crippen LogP contribution in [0, 0.1) is 5.82 Å². The van der Waals surface area contributed by atoms with Crippen molar-refractivity contribution in [2.45, 2.75) is 38.3 Å². The molecule has 1 aliphatic rings. The first kappa shape index (κ1) is 15.6. The maximum atomic E-state index is 13.0. The van der Waals surface area contributed by atoms with Gasteiger partial charge in [0.25, 0.3) is 0 Å². The zero-order valence-corrected chi connectivity index (χ0v) is 13.4. The maximum absolute atomic E-state index is 13.0. The van der Waals surface area contributed by atoms with Crippen LogP contribution < -0.4 is 0 Å². The summed E-state index contributed by atoms with van der Waals surface area (Å²) in [4.78, 5) is 7.16. The van der Waals surface area contributed by atoms with E-state index in [-0.39, 0.29) is 12.4 Å². The molecule has 1 aromatic heterocycles. The molecule has 1 aliphatic heterocycles. The molecule has 1 unspecified atom stereocenters. The number of hydrogen-bond donors (Lipinski definition) is 1. The Balaban J connectivity index is 1.65. The van der Waals surface area contributed by atoms with Crippen molar-refractivity contribution in [3.8, 4) is 10.6 Å². The summed E-state index contributed by atoms with van der Waals surface area (Å²) in [5.41, 5.74) is 2.05. The van der Waals surface area contributed by atoms with Crippen LogP contribution in [0.5, 0.6) is 0 Å². The monoisotopic (exact) mass is 320 g/mol. The van der Waals surface area contributed by atoms with Gasteiger partial charge in [-0.2, -0.15) is 0 Å². The summed E-state index contributed by atoms with van der Waals surface area (Å²) in [7, 11) is 0. The minimum atomic E-state index is -0.218. The number of halogens is 1. The molecule has 118 valence electrons. The second-order valence-electron chi connectivity index (χ2n) is 5.78. The SMILES string of the molecule is OCCCC1CCCN1Cc1csc(-c2ccc(F)cc2)n1. The Hall–Kier alpha value is -1.30. The van der Waals surface area contributed by atoms with Gasteiger partial charge in [-0.1, -0.05) is 0 Å². The van der Waals surface area contributed by atoms with E-state index in [1.807, 2.05) is 0 Å². The van der Waals surface area contributed by atoms with Crippen molar-refractivity contribution in [3.05, 3.63) is 41.2 Å². The number of nitrogens with zero attached hydrogens (tertiary/aromatic N) is 2. The molecule has 22 heavy (non-hydrogen) atoms. The number of aliphatic hydroxyl groups is 1. The van der Waals surface area contributed by atoms with E-state index < -0.39 is 0 Å². The third-order valence-electron chi connectivity index (χ3n) is 4.20. The van der Waals surface area contributed by atoms with E-state index in [9.17, 15) is 4.39 Å². The van der Waals surface area contributed by atoms with Crippen LogP contribution in [-0.2, 0) is 6.54 Å². The molecule has 0 amide bonds. The summed E-state index contributed by atoms with van der Waals surface area (Å²) in [6, 6.07) is 7.07. The van der Waals surface area contributed by atoms with Gasteiger partial charge >= 0.3 is 0 Å². The zero-order valence-electron chi connectivity index (χ0n) is 12.5. The van der Waals surface area contributed by atoms with Gasteiger partial charge in [-0.3, -0.25) is 4.90 Å². The Labute approximate surface area is 134 Å². The summed E-state index contributed by atoms with van der Waals surface area (Å²) in [5, 5.41) is 12.0. The summed E-state index contributed by atoms with van der Waals surface area (Å²) >= 11 is 1.61. The summed E-state index contributed by atoms with van der Waals surface area (Å²) < 4.78 is 13.0. The van der Waals surface area contributed by atoms with Crippen molar-refractivity contribution >= 4 is 11.3 Å². The number of likely N-dealkylation sites (tertiary alicyclic amines) is 1. The van der Waals surface area contributed by atoms with Gasteiger partial charge in [0.15, 0.2) is 0 Å². The Morgan fingerprint density at radius 3 is 2.91 bits per heavy atom. The second kappa shape index (κ2) is 7.31. The third-order valence-corrected chi connectivity index (χ3v) is 5.14. The maximum Gasteiger partial charge on any atom is 0.123 e. The van der Waals surface area contributed by atoms with Gasteiger partial charge in [-0.15, -0.1) is 11.3 Å². The van der Waals surface area contributed by atoms with Gasteiger partial charge in [-0.25, -0.2) is 9.37 Å². The standard InChI is InChI=1S/C17H21FN2OS/c18-14-7-5-13(6-8-14)17-19-15(12-22-17)11-20-9-1-3-16(20)4-2-10-21/h5-8,12,16,21H,1-4,9-11H2. The normalized spacial score (nSPS) is 18.9. The van der Waals surface area contributed by atoms with E-state index >= 15 is 0 Å². The zero-order chi connectivity index (χ0) is 15.4. The summed E-state index contributed by atoms with van der Waals surface area (Å²) in [6.45, 7) is 2.25. The van der Waals surface area contributed by atoms with E-state index in [0.717, 1.165) is 42.2 Å². The van der Waals surface area contributed by atoms with Gasteiger partial charge in [0, 0.05) is 30.1 Å². The minimum Gasteiger partial charge on any atom is -0.396 e.